The molecule has 3 N–H and O–H groups in total. The van der Waals surface area contributed by atoms with Crippen LogP contribution in [0.5, 0.6) is 0 Å². The molecule has 0 amide bonds. The molecule has 7 heteroatoms. The maximum atomic E-state index is 12.5. The smallest absolute Gasteiger partial charge is 0.354 e. The van der Waals surface area contributed by atoms with Gasteiger partial charge in [0.15, 0.2) is 5.69 Å². The molecule has 1 heterocycles. The summed E-state index contributed by atoms with van der Waals surface area (Å²) in [7, 11) is 0. The fourth-order valence-electron chi connectivity index (χ4n) is 1.06. The molecule has 0 atom stereocenters. The van der Waals surface area contributed by atoms with E-state index in [1.54, 1.807) is 0 Å². The Balaban J connectivity index is 3.38. The van der Waals surface area contributed by atoms with E-state index in [0.29, 0.717) is 0 Å². The minimum Gasteiger partial charge on any atom is -0.477 e. The maximum Gasteiger partial charge on any atom is 0.354 e. The van der Waals surface area contributed by atoms with Gasteiger partial charge in [0.2, 0.25) is 0 Å². The van der Waals surface area contributed by atoms with E-state index in [9.17, 15) is 13.6 Å². The summed E-state index contributed by atoms with van der Waals surface area (Å²) in [5, 5.41) is 8.58. The summed E-state index contributed by atoms with van der Waals surface area (Å²) in [6, 6.07) is 0.779. The first kappa shape index (κ1) is 11.6. The number of aromatic carboxylic acids is 1. The van der Waals surface area contributed by atoms with Crippen molar-refractivity contribution in [3.05, 3.63) is 22.9 Å². The first-order valence-electron chi connectivity index (χ1n) is 3.84. The monoisotopic (exact) mass is 236 g/mol. The standard InChI is InChI=1S/C8H7ClF2N2O2/c9-2-4-3(6(10)11)1-5(8(14)15)13-7(4)12/h1,6H,2H2,(H2,12,13)(H,14,15). The normalized spacial score (nSPS) is 10.7. The van der Waals surface area contributed by atoms with Gasteiger partial charge in [0.05, 0.1) is 5.88 Å². The van der Waals surface area contributed by atoms with Gasteiger partial charge in [0.25, 0.3) is 6.43 Å². The minimum atomic E-state index is -2.83. The van der Waals surface area contributed by atoms with Gasteiger partial charge >= 0.3 is 5.97 Å². The van der Waals surface area contributed by atoms with Crippen molar-refractivity contribution >= 4 is 23.4 Å². The van der Waals surface area contributed by atoms with Crippen molar-refractivity contribution in [2.75, 3.05) is 5.73 Å². The summed E-state index contributed by atoms with van der Waals surface area (Å²) >= 11 is 5.41. The lowest BCUT2D eigenvalue weighted by atomic mass is 10.1. The van der Waals surface area contributed by atoms with Crippen LogP contribution in [0.25, 0.3) is 0 Å². The SMILES string of the molecule is Nc1nc(C(=O)O)cc(C(F)F)c1CCl. The van der Waals surface area contributed by atoms with E-state index < -0.39 is 23.7 Å². The lowest BCUT2D eigenvalue weighted by Gasteiger charge is -2.09. The summed E-state index contributed by atoms with van der Waals surface area (Å²) in [5.74, 6) is -1.93. The topological polar surface area (TPSA) is 76.2 Å². The fraction of sp³-hybridized carbons (Fsp3) is 0.250. The van der Waals surface area contributed by atoms with E-state index in [1.807, 2.05) is 0 Å². The molecule has 1 rings (SSSR count). The minimum absolute atomic E-state index is 0.0309. The number of hydrogen-bond donors (Lipinski definition) is 2. The van der Waals surface area contributed by atoms with Crippen LogP contribution in [0.2, 0.25) is 0 Å². The van der Waals surface area contributed by atoms with Crippen molar-refractivity contribution in [2.45, 2.75) is 12.3 Å². The van der Waals surface area contributed by atoms with E-state index in [1.165, 1.54) is 0 Å². The highest BCUT2D eigenvalue weighted by Gasteiger charge is 2.19. The lowest BCUT2D eigenvalue weighted by molar-refractivity contribution is 0.0690. The lowest BCUT2D eigenvalue weighted by Crippen LogP contribution is -2.09. The molecule has 82 valence electrons. The zero-order chi connectivity index (χ0) is 11.6. The number of hydrogen-bond acceptors (Lipinski definition) is 3. The number of nitrogens with two attached hydrogens (primary N) is 1. The van der Waals surface area contributed by atoms with Crippen LogP contribution >= 0.6 is 11.6 Å². The van der Waals surface area contributed by atoms with Crippen LogP contribution in [-0.4, -0.2) is 16.1 Å². The molecule has 0 spiro atoms. The second-order valence-electron chi connectivity index (χ2n) is 2.70. The predicted octanol–water partition coefficient (Wildman–Crippen LogP) is 2.04. The summed E-state index contributed by atoms with van der Waals surface area (Å²) in [6.45, 7) is 0. The van der Waals surface area contributed by atoms with E-state index >= 15 is 0 Å². The van der Waals surface area contributed by atoms with Crippen LogP contribution in [0.1, 0.15) is 28.0 Å². The van der Waals surface area contributed by atoms with E-state index in [2.05, 4.69) is 4.98 Å². The Kier molecular flexibility index (Phi) is 3.41. The quantitative estimate of drug-likeness (QED) is 0.788. The number of aromatic nitrogens is 1. The van der Waals surface area contributed by atoms with E-state index in [4.69, 9.17) is 22.4 Å². The Bertz CT molecular complexity index is 398. The van der Waals surface area contributed by atoms with Crippen LogP contribution in [0, 0.1) is 0 Å². The van der Waals surface area contributed by atoms with Crippen molar-refractivity contribution in [1.82, 2.24) is 4.98 Å². The molecule has 4 nitrogen and oxygen atoms in total. The second kappa shape index (κ2) is 4.39. The summed E-state index contributed by atoms with van der Waals surface area (Å²) < 4.78 is 25.0. The Morgan fingerprint density at radius 2 is 2.27 bits per heavy atom. The highest BCUT2D eigenvalue weighted by atomic mass is 35.5. The number of nitrogens with zero attached hydrogens (tertiary/aromatic N) is 1. The number of rotatable bonds is 3. The molecule has 0 bridgehead atoms. The molecule has 0 unspecified atom stereocenters. The molecule has 0 saturated heterocycles. The number of pyridine rings is 1. The largest absolute Gasteiger partial charge is 0.477 e. The van der Waals surface area contributed by atoms with Crippen LogP contribution in [0.15, 0.2) is 6.07 Å². The third-order valence-electron chi connectivity index (χ3n) is 1.78. The maximum absolute atomic E-state index is 12.5. The summed E-state index contributed by atoms with van der Waals surface area (Å²) in [6.07, 6.45) is -2.83. The van der Waals surface area contributed by atoms with E-state index in [-0.39, 0.29) is 17.3 Å². The average molecular weight is 237 g/mol. The molecule has 0 aliphatic carbocycles. The summed E-state index contributed by atoms with van der Waals surface area (Å²) in [5.41, 5.74) is 4.28. The molecule has 0 aromatic carbocycles. The number of nitrogen functional groups attached to an aromatic ring is 1. The van der Waals surface area contributed by atoms with Gasteiger partial charge in [-0.25, -0.2) is 18.6 Å². The van der Waals surface area contributed by atoms with Crippen molar-refractivity contribution < 1.29 is 18.7 Å². The Labute approximate surface area is 88.7 Å². The molecule has 1 aromatic heterocycles. The van der Waals surface area contributed by atoms with Crippen molar-refractivity contribution in [3.63, 3.8) is 0 Å². The zero-order valence-electron chi connectivity index (χ0n) is 7.38. The van der Waals surface area contributed by atoms with Gasteiger partial charge in [-0.1, -0.05) is 0 Å². The van der Waals surface area contributed by atoms with Crippen LogP contribution in [0.4, 0.5) is 14.6 Å². The molecule has 15 heavy (non-hydrogen) atoms. The molecule has 1 aromatic rings. The molecular formula is C8H7ClF2N2O2. The number of alkyl halides is 3. The third-order valence-corrected chi connectivity index (χ3v) is 2.05. The second-order valence-corrected chi connectivity index (χ2v) is 2.97. The van der Waals surface area contributed by atoms with Crippen LogP contribution in [-0.2, 0) is 5.88 Å². The van der Waals surface area contributed by atoms with Crippen molar-refractivity contribution in [1.29, 1.82) is 0 Å². The first-order valence-corrected chi connectivity index (χ1v) is 4.37. The highest BCUT2D eigenvalue weighted by Crippen LogP contribution is 2.28. The number of carboxylic acid groups (broad SMARTS) is 1. The Morgan fingerprint density at radius 3 is 2.67 bits per heavy atom. The van der Waals surface area contributed by atoms with Gasteiger partial charge in [-0.05, 0) is 6.07 Å². The number of halogens is 3. The Morgan fingerprint density at radius 1 is 1.67 bits per heavy atom. The number of carbonyl (C=O) groups is 1. The molecule has 0 saturated carbocycles. The predicted molar refractivity (Wildman–Crippen MR) is 50.1 cm³/mol. The van der Waals surface area contributed by atoms with E-state index in [0.717, 1.165) is 6.07 Å². The van der Waals surface area contributed by atoms with Gasteiger partial charge < -0.3 is 10.8 Å². The number of carboxylic acids is 1. The molecule has 0 radical (unpaired) electrons. The van der Waals surface area contributed by atoms with Gasteiger partial charge in [-0.2, -0.15) is 0 Å². The fourth-order valence-corrected chi connectivity index (χ4v) is 1.35. The highest BCUT2D eigenvalue weighted by molar-refractivity contribution is 6.17. The molecular weight excluding hydrogens is 230 g/mol. The third kappa shape index (κ3) is 2.33. The molecule has 0 fully saturated rings. The zero-order valence-corrected chi connectivity index (χ0v) is 8.13. The van der Waals surface area contributed by atoms with Crippen LogP contribution in [0.3, 0.4) is 0 Å². The summed E-state index contributed by atoms with van der Waals surface area (Å²) in [4.78, 5) is 14.0. The van der Waals surface area contributed by atoms with Gasteiger partial charge in [0, 0.05) is 11.1 Å². The first-order chi connectivity index (χ1) is 6.97. The number of anilines is 1. The Hall–Kier alpha value is -1.43. The van der Waals surface area contributed by atoms with Gasteiger partial charge in [-0.3, -0.25) is 0 Å². The van der Waals surface area contributed by atoms with Gasteiger partial charge in [0.1, 0.15) is 5.82 Å². The molecule has 0 aliphatic heterocycles. The van der Waals surface area contributed by atoms with Crippen molar-refractivity contribution in [3.8, 4) is 0 Å². The van der Waals surface area contributed by atoms with Crippen LogP contribution < -0.4 is 5.73 Å². The van der Waals surface area contributed by atoms with Crippen molar-refractivity contribution in [2.24, 2.45) is 0 Å². The van der Waals surface area contributed by atoms with Gasteiger partial charge in [-0.15, -0.1) is 11.6 Å². The molecule has 0 aliphatic rings. The average Bonchev–Trinajstić information content (AvgIpc) is 2.16.